The molecule has 0 aromatic heterocycles. The van der Waals surface area contributed by atoms with Crippen LogP contribution in [0.25, 0.3) is 0 Å². The van der Waals surface area contributed by atoms with Gasteiger partial charge in [-0.3, -0.25) is 0 Å². The van der Waals surface area contributed by atoms with Crippen LogP contribution in [0.3, 0.4) is 0 Å². The first-order chi connectivity index (χ1) is 11.4. The summed E-state index contributed by atoms with van der Waals surface area (Å²) >= 11 is 19.5. The molecule has 2 aromatic rings. The molecule has 2 aromatic carbocycles. The number of thioether (sulfide) groups is 1. The van der Waals surface area contributed by atoms with E-state index in [9.17, 15) is 8.42 Å². The first-order valence-corrected chi connectivity index (χ1v) is 11.0. The molecular formula is C16H16Cl3NO2S2. The quantitative estimate of drug-likeness (QED) is 0.607. The van der Waals surface area contributed by atoms with Crippen molar-refractivity contribution in [3.8, 4) is 0 Å². The third kappa shape index (κ3) is 6.47. The SMILES string of the molecule is O=S(=O)(Cc1c(Cl)cccc1Cl)NCCSCc1ccc(Cl)cc1. The van der Waals surface area contributed by atoms with E-state index < -0.39 is 10.0 Å². The Morgan fingerprint density at radius 1 is 0.958 bits per heavy atom. The number of hydrogen-bond donors (Lipinski definition) is 1. The van der Waals surface area contributed by atoms with Gasteiger partial charge in [0.25, 0.3) is 0 Å². The molecule has 0 amide bonds. The van der Waals surface area contributed by atoms with E-state index in [4.69, 9.17) is 34.8 Å². The Morgan fingerprint density at radius 2 is 1.58 bits per heavy atom. The van der Waals surface area contributed by atoms with E-state index in [0.29, 0.717) is 32.9 Å². The number of nitrogens with one attached hydrogen (secondary N) is 1. The van der Waals surface area contributed by atoms with Crippen LogP contribution in [0.4, 0.5) is 0 Å². The number of benzene rings is 2. The van der Waals surface area contributed by atoms with Crippen LogP contribution in [0.5, 0.6) is 0 Å². The van der Waals surface area contributed by atoms with Gasteiger partial charge >= 0.3 is 0 Å². The average Bonchev–Trinajstić information content (AvgIpc) is 2.52. The largest absolute Gasteiger partial charge is 0.215 e. The molecule has 0 atom stereocenters. The van der Waals surface area contributed by atoms with Gasteiger partial charge in [0.05, 0.1) is 5.75 Å². The lowest BCUT2D eigenvalue weighted by atomic mass is 10.2. The molecule has 0 spiro atoms. The molecule has 0 saturated heterocycles. The lowest BCUT2D eigenvalue weighted by Gasteiger charge is -2.09. The van der Waals surface area contributed by atoms with Crippen molar-refractivity contribution in [1.29, 1.82) is 0 Å². The third-order valence-corrected chi connectivity index (χ3v) is 6.45. The summed E-state index contributed by atoms with van der Waals surface area (Å²) in [7, 11) is -3.48. The standard InChI is InChI=1S/C16H16Cl3NO2S2/c17-13-6-4-12(5-7-13)10-23-9-8-20-24(21,22)11-14-15(18)2-1-3-16(14)19/h1-7,20H,8-11H2. The van der Waals surface area contributed by atoms with Crippen molar-refractivity contribution < 1.29 is 8.42 Å². The van der Waals surface area contributed by atoms with Crippen LogP contribution in [0.2, 0.25) is 15.1 Å². The van der Waals surface area contributed by atoms with E-state index in [0.717, 1.165) is 11.3 Å². The molecule has 0 saturated carbocycles. The van der Waals surface area contributed by atoms with Crippen molar-refractivity contribution in [3.05, 3.63) is 68.7 Å². The highest BCUT2D eigenvalue weighted by atomic mass is 35.5. The molecular weight excluding hydrogens is 409 g/mol. The van der Waals surface area contributed by atoms with E-state index in [1.807, 2.05) is 24.3 Å². The summed E-state index contributed by atoms with van der Waals surface area (Å²) in [5.74, 6) is 1.24. The summed E-state index contributed by atoms with van der Waals surface area (Å²) in [6, 6.07) is 12.5. The smallest absolute Gasteiger partial charge is 0.214 e. The molecule has 24 heavy (non-hydrogen) atoms. The zero-order valence-corrected chi connectivity index (χ0v) is 16.5. The van der Waals surface area contributed by atoms with Crippen LogP contribution in [-0.2, 0) is 21.5 Å². The normalized spacial score (nSPS) is 11.6. The van der Waals surface area contributed by atoms with Crippen LogP contribution in [0.15, 0.2) is 42.5 Å². The van der Waals surface area contributed by atoms with Gasteiger partial charge in [-0.05, 0) is 29.8 Å². The van der Waals surface area contributed by atoms with Crippen LogP contribution >= 0.6 is 46.6 Å². The number of hydrogen-bond acceptors (Lipinski definition) is 3. The molecule has 0 bridgehead atoms. The maximum Gasteiger partial charge on any atom is 0.215 e. The van der Waals surface area contributed by atoms with Gasteiger partial charge in [-0.25, -0.2) is 13.1 Å². The van der Waals surface area contributed by atoms with Crippen LogP contribution < -0.4 is 4.72 Å². The minimum atomic E-state index is -3.48. The van der Waals surface area contributed by atoms with Gasteiger partial charge in [0.2, 0.25) is 10.0 Å². The van der Waals surface area contributed by atoms with E-state index in [1.165, 1.54) is 0 Å². The van der Waals surface area contributed by atoms with E-state index in [-0.39, 0.29) is 5.75 Å². The zero-order chi connectivity index (χ0) is 17.6. The second-order valence-electron chi connectivity index (χ2n) is 5.03. The molecule has 0 fully saturated rings. The van der Waals surface area contributed by atoms with Crippen molar-refractivity contribution in [1.82, 2.24) is 4.72 Å². The highest BCUT2D eigenvalue weighted by molar-refractivity contribution is 7.98. The lowest BCUT2D eigenvalue weighted by molar-refractivity contribution is 0.583. The summed E-state index contributed by atoms with van der Waals surface area (Å²) in [4.78, 5) is 0. The Bertz CT molecular complexity index is 760. The number of halogens is 3. The first kappa shape index (κ1) is 19.9. The van der Waals surface area contributed by atoms with E-state index in [2.05, 4.69) is 4.72 Å². The second-order valence-corrected chi connectivity index (χ2v) is 9.20. The molecule has 1 N–H and O–H groups in total. The lowest BCUT2D eigenvalue weighted by Crippen LogP contribution is -2.27. The molecule has 0 heterocycles. The Balaban J connectivity index is 1.77. The van der Waals surface area contributed by atoms with Gasteiger partial charge in [-0.1, -0.05) is 53.0 Å². The minimum absolute atomic E-state index is 0.229. The summed E-state index contributed by atoms with van der Waals surface area (Å²) in [6.45, 7) is 0.350. The van der Waals surface area contributed by atoms with Gasteiger partial charge < -0.3 is 0 Å². The van der Waals surface area contributed by atoms with Gasteiger partial charge in [0, 0.05) is 38.7 Å². The molecule has 0 aliphatic carbocycles. The summed E-state index contributed by atoms with van der Waals surface area (Å²) in [5.41, 5.74) is 1.57. The molecule has 0 unspecified atom stereocenters. The van der Waals surface area contributed by atoms with E-state index >= 15 is 0 Å². The molecule has 0 aliphatic rings. The zero-order valence-electron chi connectivity index (χ0n) is 12.6. The average molecular weight is 425 g/mol. The Hall–Kier alpha value is -0.430. The molecule has 130 valence electrons. The van der Waals surface area contributed by atoms with Crippen LogP contribution in [0, 0.1) is 0 Å². The van der Waals surface area contributed by atoms with Crippen molar-refractivity contribution in [2.24, 2.45) is 0 Å². The maximum atomic E-state index is 12.1. The van der Waals surface area contributed by atoms with Crippen LogP contribution in [0.1, 0.15) is 11.1 Å². The van der Waals surface area contributed by atoms with Gasteiger partial charge in [0.15, 0.2) is 0 Å². The van der Waals surface area contributed by atoms with Crippen LogP contribution in [-0.4, -0.2) is 20.7 Å². The molecule has 0 radical (unpaired) electrons. The van der Waals surface area contributed by atoms with Crippen molar-refractivity contribution in [3.63, 3.8) is 0 Å². The van der Waals surface area contributed by atoms with Gasteiger partial charge in [-0.15, -0.1) is 0 Å². The summed E-state index contributed by atoms with van der Waals surface area (Å²) in [6.07, 6.45) is 0. The first-order valence-electron chi connectivity index (χ1n) is 7.10. The highest BCUT2D eigenvalue weighted by Gasteiger charge is 2.15. The summed E-state index contributed by atoms with van der Waals surface area (Å²) in [5, 5.41) is 1.41. The van der Waals surface area contributed by atoms with Gasteiger partial charge in [-0.2, -0.15) is 11.8 Å². The molecule has 8 heteroatoms. The van der Waals surface area contributed by atoms with E-state index in [1.54, 1.807) is 30.0 Å². The molecule has 3 nitrogen and oxygen atoms in total. The van der Waals surface area contributed by atoms with Crippen molar-refractivity contribution in [2.75, 3.05) is 12.3 Å². The Labute approximate surface area is 161 Å². The monoisotopic (exact) mass is 423 g/mol. The minimum Gasteiger partial charge on any atom is -0.214 e. The molecule has 0 aliphatic heterocycles. The fourth-order valence-corrected chi connectivity index (χ4v) is 4.92. The topological polar surface area (TPSA) is 46.2 Å². The molecule has 2 rings (SSSR count). The maximum absolute atomic E-state index is 12.1. The second kappa shape index (κ2) is 9.32. The predicted octanol–water partition coefficient (Wildman–Crippen LogP) is 5.00. The number of rotatable bonds is 8. The Kier molecular flexibility index (Phi) is 7.72. The van der Waals surface area contributed by atoms with Gasteiger partial charge in [0.1, 0.15) is 0 Å². The summed E-state index contributed by atoms with van der Waals surface area (Å²) < 4.78 is 26.8. The predicted molar refractivity (Wildman–Crippen MR) is 105 cm³/mol. The highest BCUT2D eigenvalue weighted by Crippen LogP contribution is 2.25. The number of sulfonamides is 1. The fraction of sp³-hybridized carbons (Fsp3) is 0.250. The van der Waals surface area contributed by atoms with Crippen molar-refractivity contribution in [2.45, 2.75) is 11.5 Å². The third-order valence-electron chi connectivity index (χ3n) is 3.15. The Morgan fingerprint density at radius 3 is 2.21 bits per heavy atom. The fourth-order valence-electron chi connectivity index (χ4n) is 1.95. The van der Waals surface area contributed by atoms with Crippen molar-refractivity contribution >= 4 is 56.6 Å².